The Morgan fingerprint density at radius 2 is 2.24 bits per heavy atom. The summed E-state index contributed by atoms with van der Waals surface area (Å²) < 4.78 is 6.03. The van der Waals surface area contributed by atoms with Gasteiger partial charge >= 0.3 is 0 Å². The zero-order valence-electron chi connectivity index (χ0n) is 9.40. The van der Waals surface area contributed by atoms with Gasteiger partial charge in [0.2, 0.25) is 5.89 Å². The van der Waals surface area contributed by atoms with Crippen LogP contribution < -0.4 is 5.32 Å². The van der Waals surface area contributed by atoms with Crippen molar-refractivity contribution in [2.75, 3.05) is 0 Å². The number of aromatic nitrogens is 1. The third kappa shape index (κ3) is 3.08. The summed E-state index contributed by atoms with van der Waals surface area (Å²) in [5.41, 5.74) is 0.836. The molecule has 0 aliphatic rings. The predicted molar refractivity (Wildman–Crippen MR) is 67.6 cm³/mol. The SMILES string of the molecule is Cc1cnc(CNCc2cccc(Br)c2O)o1. The fourth-order valence-corrected chi connectivity index (χ4v) is 1.90. The average molecular weight is 297 g/mol. The summed E-state index contributed by atoms with van der Waals surface area (Å²) in [5, 5.41) is 12.9. The van der Waals surface area contributed by atoms with E-state index in [-0.39, 0.29) is 5.75 Å². The van der Waals surface area contributed by atoms with Crippen LogP contribution in [-0.4, -0.2) is 10.1 Å². The number of oxazole rings is 1. The standard InChI is InChI=1S/C12H13BrN2O2/c1-8-5-15-11(17-8)7-14-6-9-3-2-4-10(13)12(9)16/h2-5,14,16H,6-7H2,1H3. The van der Waals surface area contributed by atoms with E-state index < -0.39 is 0 Å². The number of hydrogen-bond acceptors (Lipinski definition) is 4. The zero-order valence-corrected chi connectivity index (χ0v) is 11.0. The van der Waals surface area contributed by atoms with Gasteiger partial charge in [0.15, 0.2) is 0 Å². The molecule has 0 spiro atoms. The fraction of sp³-hybridized carbons (Fsp3) is 0.250. The van der Waals surface area contributed by atoms with Gasteiger partial charge < -0.3 is 14.8 Å². The highest BCUT2D eigenvalue weighted by Crippen LogP contribution is 2.27. The minimum Gasteiger partial charge on any atom is -0.506 e. The summed E-state index contributed by atoms with van der Waals surface area (Å²) in [6.07, 6.45) is 1.69. The molecule has 0 fully saturated rings. The molecule has 0 aliphatic carbocycles. The summed E-state index contributed by atoms with van der Waals surface area (Å²) in [5.74, 6) is 1.72. The molecule has 0 unspecified atom stereocenters. The van der Waals surface area contributed by atoms with Crippen molar-refractivity contribution < 1.29 is 9.52 Å². The predicted octanol–water partition coefficient (Wildman–Crippen LogP) is 2.74. The monoisotopic (exact) mass is 296 g/mol. The third-order valence-corrected chi connectivity index (χ3v) is 2.97. The van der Waals surface area contributed by atoms with Gasteiger partial charge in [-0.1, -0.05) is 12.1 Å². The minimum absolute atomic E-state index is 0.267. The molecule has 1 heterocycles. The lowest BCUT2D eigenvalue weighted by Gasteiger charge is -2.06. The molecule has 0 saturated heterocycles. The highest BCUT2D eigenvalue weighted by atomic mass is 79.9. The van der Waals surface area contributed by atoms with Gasteiger partial charge in [-0.25, -0.2) is 4.98 Å². The van der Waals surface area contributed by atoms with E-state index in [4.69, 9.17) is 4.42 Å². The summed E-state index contributed by atoms with van der Waals surface area (Å²) in [7, 11) is 0. The van der Waals surface area contributed by atoms with Crippen LogP contribution in [0.15, 0.2) is 33.3 Å². The molecule has 0 bridgehead atoms. The molecule has 4 nitrogen and oxygen atoms in total. The van der Waals surface area contributed by atoms with Crippen molar-refractivity contribution in [3.05, 3.63) is 46.1 Å². The first-order valence-electron chi connectivity index (χ1n) is 5.25. The normalized spacial score (nSPS) is 10.7. The smallest absolute Gasteiger partial charge is 0.208 e. The Morgan fingerprint density at radius 3 is 2.94 bits per heavy atom. The number of halogens is 1. The molecule has 0 atom stereocenters. The summed E-state index contributed by atoms with van der Waals surface area (Å²) in [6.45, 7) is 2.96. The van der Waals surface area contributed by atoms with E-state index in [1.165, 1.54) is 0 Å². The van der Waals surface area contributed by atoms with Crippen molar-refractivity contribution in [1.29, 1.82) is 0 Å². The quantitative estimate of drug-likeness (QED) is 0.911. The van der Waals surface area contributed by atoms with Gasteiger partial charge in [0.05, 0.1) is 17.2 Å². The molecule has 90 valence electrons. The van der Waals surface area contributed by atoms with Gasteiger partial charge in [-0.2, -0.15) is 0 Å². The maximum absolute atomic E-state index is 9.77. The Balaban J connectivity index is 1.92. The lowest BCUT2D eigenvalue weighted by molar-refractivity contribution is 0.439. The molecular weight excluding hydrogens is 284 g/mol. The Hall–Kier alpha value is -1.33. The van der Waals surface area contributed by atoms with Crippen LogP contribution in [0, 0.1) is 6.92 Å². The lowest BCUT2D eigenvalue weighted by Crippen LogP contribution is -2.13. The summed E-state index contributed by atoms with van der Waals surface area (Å²) >= 11 is 3.28. The Bertz CT molecular complexity index is 511. The van der Waals surface area contributed by atoms with Crippen molar-refractivity contribution in [2.24, 2.45) is 0 Å². The zero-order chi connectivity index (χ0) is 12.3. The third-order valence-electron chi connectivity index (χ3n) is 2.33. The number of para-hydroxylation sites is 1. The number of rotatable bonds is 4. The summed E-state index contributed by atoms with van der Waals surface area (Å²) in [4.78, 5) is 4.09. The van der Waals surface area contributed by atoms with Crippen LogP contribution in [0.3, 0.4) is 0 Å². The number of nitrogens with one attached hydrogen (secondary N) is 1. The van der Waals surface area contributed by atoms with E-state index in [2.05, 4.69) is 26.2 Å². The first-order valence-corrected chi connectivity index (χ1v) is 6.04. The van der Waals surface area contributed by atoms with Crippen LogP contribution in [0.2, 0.25) is 0 Å². The molecular formula is C12H13BrN2O2. The lowest BCUT2D eigenvalue weighted by atomic mass is 10.2. The highest BCUT2D eigenvalue weighted by molar-refractivity contribution is 9.10. The van der Waals surface area contributed by atoms with Gasteiger partial charge in [0, 0.05) is 12.1 Å². The molecule has 0 amide bonds. The number of phenolic OH excluding ortho intramolecular Hbond substituents is 1. The molecule has 17 heavy (non-hydrogen) atoms. The van der Waals surface area contributed by atoms with Gasteiger partial charge in [0.25, 0.3) is 0 Å². The Kier molecular flexibility index (Phi) is 3.81. The fourth-order valence-electron chi connectivity index (χ4n) is 1.49. The average Bonchev–Trinajstić information content (AvgIpc) is 2.70. The minimum atomic E-state index is 0.267. The first-order chi connectivity index (χ1) is 8.16. The van der Waals surface area contributed by atoms with Crippen LogP contribution in [0.5, 0.6) is 5.75 Å². The molecule has 1 aromatic carbocycles. The van der Waals surface area contributed by atoms with E-state index in [1.54, 1.807) is 12.3 Å². The summed E-state index contributed by atoms with van der Waals surface area (Å²) in [6, 6.07) is 5.56. The van der Waals surface area contributed by atoms with Gasteiger partial charge in [0.1, 0.15) is 11.5 Å². The van der Waals surface area contributed by atoms with Crippen molar-refractivity contribution in [1.82, 2.24) is 10.3 Å². The second kappa shape index (κ2) is 5.33. The second-order valence-corrected chi connectivity index (χ2v) is 4.57. The number of nitrogens with zero attached hydrogens (tertiary/aromatic N) is 1. The maximum Gasteiger partial charge on any atom is 0.208 e. The number of aryl methyl sites for hydroxylation is 1. The van der Waals surface area contributed by atoms with E-state index in [0.29, 0.717) is 23.5 Å². The van der Waals surface area contributed by atoms with Crippen molar-refractivity contribution in [2.45, 2.75) is 20.0 Å². The molecule has 2 aromatic rings. The topological polar surface area (TPSA) is 58.3 Å². The van der Waals surface area contributed by atoms with Crippen molar-refractivity contribution in [3.63, 3.8) is 0 Å². The van der Waals surface area contributed by atoms with Crippen molar-refractivity contribution >= 4 is 15.9 Å². The number of hydrogen-bond donors (Lipinski definition) is 2. The van der Waals surface area contributed by atoms with Crippen LogP contribution in [0.4, 0.5) is 0 Å². The number of phenols is 1. The maximum atomic E-state index is 9.77. The molecule has 2 N–H and O–H groups in total. The van der Waals surface area contributed by atoms with Crippen molar-refractivity contribution in [3.8, 4) is 5.75 Å². The van der Waals surface area contributed by atoms with Crippen LogP contribution in [0.1, 0.15) is 17.2 Å². The molecule has 0 saturated carbocycles. The highest BCUT2D eigenvalue weighted by Gasteiger charge is 2.05. The molecule has 1 aromatic heterocycles. The molecule has 5 heteroatoms. The van der Waals surface area contributed by atoms with Gasteiger partial charge in [-0.15, -0.1) is 0 Å². The van der Waals surface area contributed by atoms with Gasteiger partial charge in [-0.05, 0) is 28.9 Å². The van der Waals surface area contributed by atoms with E-state index in [9.17, 15) is 5.11 Å². The van der Waals surface area contributed by atoms with E-state index in [0.717, 1.165) is 11.3 Å². The number of benzene rings is 1. The number of aromatic hydroxyl groups is 1. The van der Waals surface area contributed by atoms with Crippen LogP contribution in [-0.2, 0) is 13.1 Å². The molecule has 0 radical (unpaired) electrons. The van der Waals surface area contributed by atoms with Crippen LogP contribution >= 0.6 is 15.9 Å². The Labute approximate surface area is 108 Å². The van der Waals surface area contributed by atoms with E-state index in [1.807, 2.05) is 19.1 Å². The van der Waals surface area contributed by atoms with Gasteiger partial charge in [-0.3, -0.25) is 0 Å². The first kappa shape index (κ1) is 12.1. The molecule has 0 aliphatic heterocycles. The molecule has 2 rings (SSSR count). The second-order valence-electron chi connectivity index (χ2n) is 3.72. The van der Waals surface area contributed by atoms with E-state index >= 15 is 0 Å². The Morgan fingerprint density at radius 1 is 1.41 bits per heavy atom. The van der Waals surface area contributed by atoms with Crippen LogP contribution in [0.25, 0.3) is 0 Å². The largest absolute Gasteiger partial charge is 0.506 e.